The summed E-state index contributed by atoms with van der Waals surface area (Å²) in [5.41, 5.74) is -0.662. The molecule has 1 saturated carbocycles. The minimum Gasteiger partial charge on any atom is -0.480 e. The average molecular weight is 264 g/mol. The van der Waals surface area contributed by atoms with Crippen molar-refractivity contribution in [2.24, 2.45) is 5.92 Å². The van der Waals surface area contributed by atoms with Gasteiger partial charge in [-0.3, -0.25) is 9.59 Å². The summed E-state index contributed by atoms with van der Waals surface area (Å²) in [6.45, 7) is 2.91. The summed E-state index contributed by atoms with van der Waals surface area (Å²) in [5, 5.41) is 11.8. The molecule has 1 aromatic rings. The van der Waals surface area contributed by atoms with Crippen LogP contribution >= 0.6 is 0 Å². The molecule has 19 heavy (non-hydrogen) atoms. The Morgan fingerprint density at radius 2 is 2.05 bits per heavy atom. The molecule has 6 nitrogen and oxygen atoms in total. The molecule has 1 aliphatic rings. The molecule has 3 N–H and O–H groups in total. The molecular weight excluding hydrogens is 248 g/mol. The molecule has 0 aromatic carbocycles. The second-order valence-corrected chi connectivity index (χ2v) is 5.09. The molecule has 0 aliphatic heterocycles. The second kappa shape index (κ2) is 4.53. The fourth-order valence-electron chi connectivity index (χ4n) is 2.02. The first-order valence-corrected chi connectivity index (χ1v) is 6.10. The molecule has 0 radical (unpaired) electrons. The molecule has 1 aromatic heterocycles. The summed E-state index contributed by atoms with van der Waals surface area (Å²) in [7, 11) is 0. The molecule has 0 spiro atoms. The maximum Gasteiger partial charge on any atom is 0.329 e. The Morgan fingerprint density at radius 1 is 1.42 bits per heavy atom. The summed E-state index contributed by atoms with van der Waals surface area (Å²) >= 11 is 0. The SMILES string of the molecule is CC(=O)c1c[nH]c(C(=O)NC(C)(C(=O)O)C2CC2)c1. The third-order valence-electron chi connectivity index (χ3n) is 3.55. The van der Waals surface area contributed by atoms with Crippen LogP contribution in [-0.2, 0) is 4.79 Å². The fourth-order valence-corrected chi connectivity index (χ4v) is 2.02. The number of nitrogens with one attached hydrogen (secondary N) is 2. The van der Waals surface area contributed by atoms with E-state index in [9.17, 15) is 19.5 Å². The van der Waals surface area contributed by atoms with E-state index in [2.05, 4.69) is 10.3 Å². The van der Waals surface area contributed by atoms with Gasteiger partial charge in [-0.05, 0) is 38.7 Å². The van der Waals surface area contributed by atoms with E-state index in [1.54, 1.807) is 0 Å². The summed E-state index contributed by atoms with van der Waals surface area (Å²) in [6.07, 6.45) is 3.03. The van der Waals surface area contributed by atoms with E-state index in [4.69, 9.17) is 0 Å². The highest BCUT2D eigenvalue weighted by molar-refractivity contribution is 6.00. The first-order valence-electron chi connectivity index (χ1n) is 6.10. The second-order valence-electron chi connectivity index (χ2n) is 5.09. The molecule has 1 heterocycles. The van der Waals surface area contributed by atoms with E-state index < -0.39 is 17.4 Å². The van der Waals surface area contributed by atoms with Crippen molar-refractivity contribution in [3.05, 3.63) is 23.5 Å². The Kier molecular flexibility index (Phi) is 3.18. The molecular formula is C13H16N2O4. The quantitative estimate of drug-likeness (QED) is 0.696. The summed E-state index contributed by atoms with van der Waals surface area (Å²) < 4.78 is 0. The average Bonchev–Trinajstić information content (AvgIpc) is 3.06. The summed E-state index contributed by atoms with van der Waals surface area (Å²) in [4.78, 5) is 37.1. The maximum atomic E-state index is 12.0. The fraction of sp³-hybridized carbons (Fsp3) is 0.462. The molecule has 102 valence electrons. The van der Waals surface area contributed by atoms with Gasteiger partial charge in [0.05, 0.1) is 0 Å². The number of aliphatic carboxylic acids is 1. The highest BCUT2D eigenvalue weighted by atomic mass is 16.4. The number of aromatic nitrogens is 1. The zero-order chi connectivity index (χ0) is 14.2. The monoisotopic (exact) mass is 264 g/mol. The minimum atomic E-state index is -1.25. The van der Waals surface area contributed by atoms with Crippen LogP contribution in [0, 0.1) is 5.92 Å². The van der Waals surface area contributed by atoms with Crippen LogP contribution in [0.2, 0.25) is 0 Å². The normalized spacial score (nSPS) is 17.6. The molecule has 1 unspecified atom stereocenters. The van der Waals surface area contributed by atoms with Gasteiger partial charge in [0, 0.05) is 11.8 Å². The number of carboxylic acid groups (broad SMARTS) is 1. The number of Topliss-reactive ketones (excluding diaryl/α,β-unsaturated/α-hetero) is 1. The van der Waals surface area contributed by atoms with Crippen LogP contribution in [0.4, 0.5) is 0 Å². The Morgan fingerprint density at radius 3 is 2.47 bits per heavy atom. The van der Waals surface area contributed by atoms with Crippen molar-refractivity contribution in [2.45, 2.75) is 32.2 Å². The Labute approximate surface area is 110 Å². The highest BCUT2D eigenvalue weighted by Crippen LogP contribution is 2.39. The number of ketones is 1. The molecule has 0 bridgehead atoms. The predicted octanol–water partition coefficient (Wildman–Crippen LogP) is 1.20. The van der Waals surface area contributed by atoms with Gasteiger partial charge in [0.2, 0.25) is 0 Å². The Balaban J connectivity index is 2.15. The van der Waals surface area contributed by atoms with Crippen molar-refractivity contribution >= 4 is 17.7 Å². The van der Waals surface area contributed by atoms with Gasteiger partial charge in [0.15, 0.2) is 5.78 Å². The van der Waals surface area contributed by atoms with Crippen LogP contribution in [0.1, 0.15) is 47.5 Å². The molecule has 2 rings (SSSR count). The van der Waals surface area contributed by atoms with Crippen LogP contribution in [0.5, 0.6) is 0 Å². The smallest absolute Gasteiger partial charge is 0.329 e. The lowest BCUT2D eigenvalue weighted by molar-refractivity contribution is -0.144. The van der Waals surface area contributed by atoms with E-state index in [-0.39, 0.29) is 17.4 Å². The number of H-pyrrole nitrogens is 1. The topological polar surface area (TPSA) is 99.3 Å². The van der Waals surface area contributed by atoms with E-state index in [0.29, 0.717) is 5.56 Å². The van der Waals surface area contributed by atoms with Crippen LogP contribution in [0.15, 0.2) is 12.3 Å². The van der Waals surface area contributed by atoms with Gasteiger partial charge >= 0.3 is 5.97 Å². The van der Waals surface area contributed by atoms with Crippen LogP contribution in [0.3, 0.4) is 0 Å². The Bertz CT molecular complexity index is 545. The zero-order valence-electron chi connectivity index (χ0n) is 10.8. The van der Waals surface area contributed by atoms with E-state index >= 15 is 0 Å². The third kappa shape index (κ3) is 2.52. The number of carbonyl (C=O) groups excluding carboxylic acids is 2. The first-order chi connectivity index (χ1) is 8.84. The number of aromatic amines is 1. The van der Waals surface area contributed by atoms with Gasteiger partial charge in [-0.15, -0.1) is 0 Å². The molecule has 0 saturated heterocycles. The molecule has 1 fully saturated rings. The largest absolute Gasteiger partial charge is 0.480 e. The maximum absolute atomic E-state index is 12.0. The Hall–Kier alpha value is -2.11. The van der Waals surface area contributed by atoms with Gasteiger partial charge in [0.1, 0.15) is 11.2 Å². The van der Waals surface area contributed by atoms with Crippen molar-refractivity contribution in [1.29, 1.82) is 0 Å². The van der Waals surface area contributed by atoms with Gasteiger partial charge in [0.25, 0.3) is 5.91 Å². The minimum absolute atomic E-state index is 0.0313. The van der Waals surface area contributed by atoms with Crippen LogP contribution in [0.25, 0.3) is 0 Å². The molecule has 1 aliphatic carbocycles. The van der Waals surface area contributed by atoms with Gasteiger partial charge in [-0.25, -0.2) is 4.79 Å². The van der Waals surface area contributed by atoms with E-state index in [1.807, 2.05) is 0 Å². The number of hydrogen-bond acceptors (Lipinski definition) is 3. The highest BCUT2D eigenvalue weighted by Gasteiger charge is 2.48. The molecule has 1 atom stereocenters. The van der Waals surface area contributed by atoms with Crippen molar-refractivity contribution in [2.75, 3.05) is 0 Å². The van der Waals surface area contributed by atoms with Gasteiger partial charge in [-0.2, -0.15) is 0 Å². The molecule has 1 amide bonds. The van der Waals surface area contributed by atoms with Crippen molar-refractivity contribution in [3.8, 4) is 0 Å². The summed E-state index contributed by atoms with van der Waals surface area (Å²) in [6, 6.07) is 1.42. The van der Waals surface area contributed by atoms with Gasteiger partial charge < -0.3 is 15.4 Å². The number of carboxylic acids is 1. The number of hydrogen-bond donors (Lipinski definition) is 3. The van der Waals surface area contributed by atoms with Gasteiger partial charge in [-0.1, -0.05) is 0 Å². The first kappa shape index (κ1) is 13.3. The number of amides is 1. The zero-order valence-corrected chi connectivity index (χ0v) is 10.8. The van der Waals surface area contributed by atoms with Crippen LogP contribution in [-0.4, -0.2) is 33.3 Å². The van der Waals surface area contributed by atoms with E-state index in [1.165, 1.54) is 26.1 Å². The lowest BCUT2D eigenvalue weighted by atomic mass is 9.96. The van der Waals surface area contributed by atoms with Crippen molar-refractivity contribution < 1.29 is 19.5 Å². The van der Waals surface area contributed by atoms with E-state index in [0.717, 1.165) is 12.8 Å². The lowest BCUT2D eigenvalue weighted by Crippen LogP contribution is -2.54. The third-order valence-corrected chi connectivity index (χ3v) is 3.55. The lowest BCUT2D eigenvalue weighted by Gasteiger charge is -2.25. The predicted molar refractivity (Wildman–Crippen MR) is 67.0 cm³/mol. The summed E-state index contributed by atoms with van der Waals surface area (Å²) in [5.74, 6) is -1.74. The molecule has 6 heteroatoms. The van der Waals surface area contributed by atoms with Crippen molar-refractivity contribution in [3.63, 3.8) is 0 Å². The number of rotatable bonds is 5. The van der Waals surface area contributed by atoms with Crippen molar-refractivity contribution in [1.82, 2.24) is 10.3 Å². The standard InChI is InChI=1S/C13H16N2O4/c1-7(16)8-5-10(14-6-8)11(17)15-13(2,12(18)19)9-3-4-9/h5-6,9,14H,3-4H2,1-2H3,(H,15,17)(H,18,19). The number of carbonyl (C=O) groups is 3. The van der Waals surface area contributed by atoms with Crippen LogP contribution < -0.4 is 5.32 Å².